The molecular formula is C26H23F3O2. The molecule has 0 saturated heterocycles. The van der Waals surface area contributed by atoms with Crippen LogP contribution < -0.4 is 9.47 Å². The van der Waals surface area contributed by atoms with Crippen molar-refractivity contribution in [1.29, 1.82) is 0 Å². The zero-order valence-corrected chi connectivity index (χ0v) is 17.4. The zero-order chi connectivity index (χ0) is 22.2. The van der Waals surface area contributed by atoms with Gasteiger partial charge in [0, 0.05) is 16.5 Å². The van der Waals surface area contributed by atoms with Crippen LogP contribution in [0, 0.1) is 5.82 Å². The van der Waals surface area contributed by atoms with E-state index in [1.807, 2.05) is 26.0 Å². The summed E-state index contributed by atoms with van der Waals surface area (Å²) in [6.07, 6.45) is 7.27. The maximum atomic E-state index is 14.8. The van der Waals surface area contributed by atoms with E-state index in [2.05, 4.69) is 0 Å². The van der Waals surface area contributed by atoms with Crippen LogP contribution in [0.3, 0.4) is 0 Å². The van der Waals surface area contributed by atoms with Crippen molar-refractivity contribution < 1.29 is 22.6 Å². The van der Waals surface area contributed by atoms with Gasteiger partial charge in [-0.2, -0.15) is 0 Å². The highest BCUT2D eigenvalue weighted by atomic mass is 19.2. The van der Waals surface area contributed by atoms with E-state index in [9.17, 15) is 13.2 Å². The fourth-order valence-electron chi connectivity index (χ4n) is 2.95. The normalized spacial score (nSPS) is 12.5. The van der Waals surface area contributed by atoms with Gasteiger partial charge < -0.3 is 9.47 Å². The second kappa shape index (κ2) is 10.5. The molecule has 0 amide bonds. The number of fused-ring (bicyclic) bond motifs is 1. The van der Waals surface area contributed by atoms with Crippen molar-refractivity contribution in [2.75, 3.05) is 13.2 Å². The third-order valence-corrected chi connectivity index (χ3v) is 4.63. The second-order valence-electron chi connectivity index (χ2n) is 6.73. The van der Waals surface area contributed by atoms with Crippen molar-refractivity contribution in [3.05, 3.63) is 95.8 Å². The molecular weight excluding hydrogens is 401 g/mol. The minimum absolute atomic E-state index is 0.0281. The van der Waals surface area contributed by atoms with E-state index in [4.69, 9.17) is 9.47 Å². The molecule has 0 unspecified atom stereocenters. The molecule has 0 fully saturated rings. The SMILES string of the molecule is CC=CCOc1ccc(C(F)=C(F)c2ccc3c(F)c(OCC=CC)ccc3c2)cc1. The summed E-state index contributed by atoms with van der Waals surface area (Å²) in [7, 11) is 0. The Labute approximate surface area is 179 Å². The van der Waals surface area contributed by atoms with Crippen LogP contribution >= 0.6 is 0 Å². The Hall–Kier alpha value is -3.47. The predicted octanol–water partition coefficient (Wildman–Crippen LogP) is 7.65. The zero-order valence-electron chi connectivity index (χ0n) is 17.4. The first-order chi connectivity index (χ1) is 15.0. The summed E-state index contributed by atoms with van der Waals surface area (Å²) >= 11 is 0. The van der Waals surface area contributed by atoms with E-state index in [0.717, 1.165) is 0 Å². The van der Waals surface area contributed by atoms with Gasteiger partial charge >= 0.3 is 0 Å². The molecule has 0 aliphatic heterocycles. The van der Waals surface area contributed by atoms with Crippen molar-refractivity contribution >= 4 is 22.4 Å². The lowest BCUT2D eigenvalue weighted by atomic mass is 10.0. The van der Waals surface area contributed by atoms with Gasteiger partial charge in [-0.05, 0) is 55.6 Å². The molecule has 0 aliphatic rings. The standard InChI is InChI=1S/C26H23F3O2/c1-3-5-15-30-21-11-7-18(8-12-21)24(27)25(28)20-9-13-22-19(17-20)10-14-23(26(22)29)31-16-6-4-2/h3-14,17H,15-16H2,1-2H3. The van der Waals surface area contributed by atoms with Gasteiger partial charge in [-0.25, -0.2) is 13.2 Å². The number of allylic oxidation sites excluding steroid dienone is 2. The van der Waals surface area contributed by atoms with E-state index in [-0.39, 0.29) is 28.9 Å². The fourth-order valence-corrected chi connectivity index (χ4v) is 2.95. The molecule has 3 rings (SSSR count). The Kier molecular flexibility index (Phi) is 7.55. The summed E-state index contributed by atoms with van der Waals surface area (Å²) in [5.41, 5.74) is 0.121. The van der Waals surface area contributed by atoms with Gasteiger partial charge in [-0.15, -0.1) is 0 Å². The molecule has 2 nitrogen and oxygen atoms in total. The molecule has 160 valence electrons. The average molecular weight is 424 g/mol. The van der Waals surface area contributed by atoms with E-state index >= 15 is 0 Å². The lowest BCUT2D eigenvalue weighted by Gasteiger charge is -2.09. The van der Waals surface area contributed by atoms with Crippen LogP contribution in [-0.2, 0) is 0 Å². The molecule has 3 aromatic rings. The highest BCUT2D eigenvalue weighted by molar-refractivity contribution is 5.91. The lowest BCUT2D eigenvalue weighted by Crippen LogP contribution is -1.96. The molecule has 3 aromatic carbocycles. The van der Waals surface area contributed by atoms with E-state index in [1.165, 1.54) is 36.4 Å². The Morgan fingerprint density at radius 1 is 0.774 bits per heavy atom. The van der Waals surface area contributed by atoms with Crippen LogP contribution in [0.25, 0.3) is 22.4 Å². The average Bonchev–Trinajstić information content (AvgIpc) is 2.80. The first kappa shape index (κ1) is 22.2. The number of halogens is 3. The van der Waals surface area contributed by atoms with Crippen molar-refractivity contribution in [2.24, 2.45) is 0 Å². The summed E-state index contributed by atoms with van der Waals surface area (Å²) in [5.74, 6) is -1.88. The first-order valence-electron chi connectivity index (χ1n) is 9.91. The molecule has 0 aromatic heterocycles. The summed E-state index contributed by atoms with van der Waals surface area (Å²) in [6, 6.07) is 13.4. The van der Waals surface area contributed by atoms with Crippen LogP contribution in [-0.4, -0.2) is 13.2 Å². The number of rotatable bonds is 8. The van der Waals surface area contributed by atoms with E-state index in [0.29, 0.717) is 17.7 Å². The number of benzene rings is 3. The Bertz CT molecular complexity index is 1130. The van der Waals surface area contributed by atoms with Gasteiger partial charge in [0.05, 0.1) is 0 Å². The van der Waals surface area contributed by atoms with E-state index in [1.54, 1.807) is 30.4 Å². The van der Waals surface area contributed by atoms with Crippen LogP contribution in [0.2, 0.25) is 0 Å². The fraction of sp³-hybridized carbons (Fsp3) is 0.154. The topological polar surface area (TPSA) is 18.5 Å². The van der Waals surface area contributed by atoms with Crippen LogP contribution in [0.5, 0.6) is 11.5 Å². The Morgan fingerprint density at radius 2 is 1.39 bits per heavy atom. The summed E-state index contributed by atoms with van der Waals surface area (Å²) < 4.78 is 55.0. The first-order valence-corrected chi connectivity index (χ1v) is 9.91. The van der Waals surface area contributed by atoms with Gasteiger partial charge in [0.2, 0.25) is 0 Å². The summed E-state index contributed by atoms with van der Waals surface area (Å²) in [6.45, 7) is 4.38. The molecule has 0 N–H and O–H groups in total. The monoisotopic (exact) mass is 424 g/mol. The summed E-state index contributed by atoms with van der Waals surface area (Å²) in [4.78, 5) is 0. The molecule has 0 spiro atoms. The summed E-state index contributed by atoms with van der Waals surface area (Å²) in [5, 5.41) is 0.724. The lowest BCUT2D eigenvalue weighted by molar-refractivity contribution is 0.343. The predicted molar refractivity (Wildman–Crippen MR) is 120 cm³/mol. The minimum Gasteiger partial charge on any atom is -0.490 e. The molecule has 0 radical (unpaired) electrons. The van der Waals surface area contributed by atoms with Gasteiger partial charge in [0.1, 0.15) is 19.0 Å². The van der Waals surface area contributed by atoms with Crippen LogP contribution in [0.4, 0.5) is 13.2 Å². The number of hydrogen-bond donors (Lipinski definition) is 0. The van der Waals surface area contributed by atoms with Crippen molar-refractivity contribution in [1.82, 2.24) is 0 Å². The number of ether oxygens (including phenoxy) is 2. The van der Waals surface area contributed by atoms with Crippen molar-refractivity contribution in [3.8, 4) is 11.5 Å². The Balaban J connectivity index is 1.85. The molecule has 31 heavy (non-hydrogen) atoms. The Morgan fingerprint density at radius 3 is 2.06 bits per heavy atom. The van der Waals surface area contributed by atoms with Crippen LogP contribution in [0.15, 0.2) is 78.9 Å². The smallest absolute Gasteiger partial charge is 0.172 e. The molecule has 0 saturated carbocycles. The van der Waals surface area contributed by atoms with Crippen LogP contribution in [0.1, 0.15) is 25.0 Å². The third-order valence-electron chi connectivity index (χ3n) is 4.63. The van der Waals surface area contributed by atoms with Gasteiger partial charge in [-0.1, -0.05) is 42.5 Å². The molecule has 0 aliphatic carbocycles. The van der Waals surface area contributed by atoms with Gasteiger partial charge in [0.25, 0.3) is 0 Å². The van der Waals surface area contributed by atoms with Crippen molar-refractivity contribution in [2.45, 2.75) is 13.8 Å². The van der Waals surface area contributed by atoms with Crippen molar-refractivity contribution in [3.63, 3.8) is 0 Å². The maximum Gasteiger partial charge on any atom is 0.172 e. The molecule has 0 bridgehead atoms. The molecule has 5 heteroatoms. The third kappa shape index (κ3) is 5.37. The largest absolute Gasteiger partial charge is 0.490 e. The number of hydrogen-bond acceptors (Lipinski definition) is 2. The molecule has 0 heterocycles. The van der Waals surface area contributed by atoms with Gasteiger partial charge in [-0.3, -0.25) is 0 Å². The molecule has 0 atom stereocenters. The highest BCUT2D eigenvalue weighted by Crippen LogP contribution is 2.33. The minimum atomic E-state index is -1.02. The highest BCUT2D eigenvalue weighted by Gasteiger charge is 2.14. The maximum absolute atomic E-state index is 14.8. The second-order valence-corrected chi connectivity index (χ2v) is 6.73. The van der Waals surface area contributed by atoms with Gasteiger partial charge in [0.15, 0.2) is 23.2 Å². The quantitative estimate of drug-likeness (QED) is 0.273. The van der Waals surface area contributed by atoms with E-state index < -0.39 is 17.5 Å².